The van der Waals surface area contributed by atoms with Crippen LogP contribution in [0.1, 0.15) is 88.1 Å². The number of nitrogens with one attached hydrogen (secondary N) is 1. The molecule has 4 aliphatic rings. The van der Waals surface area contributed by atoms with Crippen LogP contribution in [0.15, 0.2) is 36.4 Å². The second-order valence-corrected chi connectivity index (χ2v) is 13.7. The molecule has 2 atom stereocenters. The van der Waals surface area contributed by atoms with E-state index in [1.807, 2.05) is 36.9 Å². The quantitative estimate of drug-likeness (QED) is 0.343. The molecule has 2 amide bonds. The van der Waals surface area contributed by atoms with Crippen molar-refractivity contribution in [3.63, 3.8) is 0 Å². The molecule has 2 fully saturated rings. The number of likely N-dealkylation sites (tertiary alicyclic amines) is 1. The second kappa shape index (κ2) is 15.7. The summed E-state index contributed by atoms with van der Waals surface area (Å²) in [6, 6.07) is 14.6. The van der Waals surface area contributed by atoms with Crippen molar-refractivity contribution in [1.82, 2.24) is 10.2 Å². The first-order valence-electron chi connectivity index (χ1n) is 15.3. The number of benzene rings is 2. The highest BCUT2D eigenvalue weighted by Crippen LogP contribution is 2.45. The number of phosphoric acid groups is 1. The van der Waals surface area contributed by atoms with Crippen molar-refractivity contribution in [2.24, 2.45) is 0 Å². The number of aliphatic hydroxyl groups is 1. The van der Waals surface area contributed by atoms with Crippen LogP contribution in [-0.2, 0) is 25.1 Å². The Morgan fingerprint density at radius 1 is 0.957 bits per heavy atom. The molecule has 0 bridgehead atoms. The Morgan fingerprint density at radius 2 is 1.60 bits per heavy atom. The van der Waals surface area contributed by atoms with Gasteiger partial charge in [0.25, 0.3) is 0 Å². The number of nitrogens with zero attached hydrogens (tertiary/aromatic N) is 3. The van der Waals surface area contributed by atoms with Crippen LogP contribution in [0, 0.1) is 22.7 Å². The summed E-state index contributed by atoms with van der Waals surface area (Å²) in [6.45, 7) is 9.18. The summed E-state index contributed by atoms with van der Waals surface area (Å²) >= 11 is 0. The predicted molar refractivity (Wildman–Crippen MR) is 171 cm³/mol. The van der Waals surface area contributed by atoms with Crippen molar-refractivity contribution in [2.45, 2.75) is 89.6 Å². The number of carbonyl (C=O) groups is 2. The summed E-state index contributed by atoms with van der Waals surface area (Å²) in [5.74, 6) is 1.82. The molecule has 13 nitrogen and oxygen atoms in total. The first-order valence-corrected chi connectivity index (χ1v) is 16.8. The number of carbonyl (C=O) groups excluding carboxylic acids is 2. The number of phosphoric ester groups is 1. The molecule has 4 heterocycles. The number of hydrogen-bond acceptors (Lipinski definition) is 9. The zero-order chi connectivity index (χ0) is 35.0. The molecule has 254 valence electrons. The number of fused-ring (bicyclic) bond motifs is 2. The number of nitriles is 2. The zero-order valence-electron chi connectivity index (χ0n) is 27.4. The molecule has 0 saturated carbocycles. The van der Waals surface area contributed by atoms with Crippen LogP contribution in [0.4, 0.5) is 0 Å². The summed E-state index contributed by atoms with van der Waals surface area (Å²) in [4.78, 5) is 42.0. The minimum atomic E-state index is -4.59. The smallest absolute Gasteiger partial charge is 0.470 e. The van der Waals surface area contributed by atoms with Crippen LogP contribution < -0.4 is 14.8 Å². The van der Waals surface area contributed by atoms with E-state index in [-0.39, 0.29) is 29.9 Å². The lowest BCUT2D eigenvalue weighted by Gasteiger charge is -2.41. The van der Waals surface area contributed by atoms with Gasteiger partial charge in [0.2, 0.25) is 11.8 Å². The van der Waals surface area contributed by atoms with E-state index in [4.69, 9.17) is 39.4 Å². The Bertz CT molecular complexity index is 1570. The highest BCUT2D eigenvalue weighted by Gasteiger charge is 2.42. The third-order valence-corrected chi connectivity index (χ3v) is 8.50. The summed E-state index contributed by atoms with van der Waals surface area (Å²) in [5, 5.41) is 27.6. The number of rotatable bonds is 3. The monoisotopic (exact) mass is 670 g/mol. The van der Waals surface area contributed by atoms with Crippen molar-refractivity contribution in [2.75, 3.05) is 20.2 Å². The van der Waals surface area contributed by atoms with Gasteiger partial charge in [0.05, 0.1) is 29.3 Å². The molecule has 2 aromatic carbocycles. The third-order valence-electron chi connectivity index (χ3n) is 7.97. The third kappa shape index (κ3) is 10.3. The molecular weight excluding hydrogens is 627 g/mol. The lowest BCUT2D eigenvalue weighted by molar-refractivity contribution is -0.131. The van der Waals surface area contributed by atoms with E-state index in [1.54, 1.807) is 38.1 Å². The van der Waals surface area contributed by atoms with Gasteiger partial charge in [0.1, 0.15) is 28.8 Å². The van der Waals surface area contributed by atoms with E-state index in [0.29, 0.717) is 28.9 Å². The molecule has 2 saturated heterocycles. The van der Waals surface area contributed by atoms with Gasteiger partial charge in [-0.25, -0.2) is 4.57 Å². The molecule has 4 aliphatic heterocycles. The largest absolute Gasteiger partial charge is 0.487 e. The highest BCUT2D eigenvalue weighted by molar-refractivity contribution is 7.46. The molecule has 6 rings (SSSR count). The van der Waals surface area contributed by atoms with Gasteiger partial charge in [-0.05, 0) is 82.5 Å². The summed E-state index contributed by atoms with van der Waals surface area (Å²) < 4.78 is 27.5. The van der Waals surface area contributed by atoms with Gasteiger partial charge in [-0.3, -0.25) is 14.1 Å². The number of amides is 2. The van der Waals surface area contributed by atoms with Crippen LogP contribution in [0.5, 0.6) is 11.5 Å². The minimum absolute atomic E-state index is 0.0250. The van der Waals surface area contributed by atoms with Crippen molar-refractivity contribution in [3.05, 3.63) is 58.7 Å². The molecule has 47 heavy (non-hydrogen) atoms. The van der Waals surface area contributed by atoms with E-state index in [9.17, 15) is 14.2 Å². The van der Waals surface area contributed by atoms with Gasteiger partial charge in [-0.1, -0.05) is 0 Å². The number of ether oxygens (including phenoxy) is 2. The average Bonchev–Trinajstić information content (AvgIpc) is 3.67. The van der Waals surface area contributed by atoms with Crippen LogP contribution in [-0.4, -0.2) is 69.1 Å². The van der Waals surface area contributed by atoms with E-state index in [0.717, 1.165) is 57.2 Å². The molecule has 0 aliphatic carbocycles. The van der Waals surface area contributed by atoms with E-state index in [2.05, 4.69) is 11.4 Å². The Morgan fingerprint density at radius 3 is 2.11 bits per heavy atom. The molecule has 4 N–H and O–H groups in total. The molecule has 0 unspecified atom stereocenters. The lowest BCUT2D eigenvalue weighted by Crippen LogP contribution is -2.47. The Kier molecular flexibility index (Phi) is 12.6. The summed E-state index contributed by atoms with van der Waals surface area (Å²) in [6.07, 6.45) is 3.58. The van der Waals surface area contributed by atoms with Crippen LogP contribution in [0.2, 0.25) is 0 Å². The van der Waals surface area contributed by atoms with Crippen LogP contribution >= 0.6 is 7.82 Å². The fourth-order valence-corrected chi connectivity index (χ4v) is 6.42. The minimum Gasteiger partial charge on any atom is -0.487 e. The molecule has 0 aromatic heterocycles. The van der Waals surface area contributed by atoms with Gasteiger partial charge in [0, 0.05) is 51.4 Å². The van der Waals surface area contributed by atoms with Crippen molar-refractivity contribution in [1.29, 1.82) is 10.5 Å². The van der Waals surface area contributed by atoms with Crippen LogP contribution in [0.25, 0.3) is 0 Å². The van der Waals surface area contributed by atoms with Gasteiger partial charge in [-0.2, -0.15) is 10.5 Å². The number of hydrogen-bond donors (Lipinski definition) is 4. The van der Waals surface area contributed by atoms with E-state index in [1.165, 1.54) is 0 Å². The molecular formula is C33H43N4O9P. The maximum Gasteiger partial charge on any atom is 0.470 e. The average molecular weight is 671 g/mol. The fraction of sp³-hybridized carbons (Fsp3) is 0.515. The van der Waals surface area contributed by atoms with E-state index >= 15 is 0 Å². The van der Waals surface area contributed by atoms with Gasteiger partial charge in [0.15, 0.2) is 0 Å². The summed E-state index contributed by atoms with van der Waals surface area (Å²) in [7, 11) is -3.59. The first-order chi connectivity index (χ1) is 22.1. The SMILES string of the molecule is CC1(C)C[C@@H](N2CCCC2=O)c2cc(C#N)ccc2O1.CC1(C)Oc2ccc(C#N)cc2C[C@H]1OP(=O)(O)O.CO.O=C1CCCN1. The van der Waals surface area contributed by atoms with Gasteiger partial charge >= 0.3 is 7.82 Å². The highest BCUT2D eigenvalue weighted by atomic mass is 31.2. The molecule has 2 aromatic rings. The van der Waals surface area contributed by atoms with Gasteiger partial charge in [-0.15, -0.1) is 0 Å². The van der Waals surface area contributed by atoms with Crippen LogP contribution in [0.3, 0.4) is 0 Å². The summed E-state index contributed by atoms with van der Waals surface area (Å²) in [5.41, 5.74) is 1.60. The van der Waals surface area contributed by atoms with Crippen molar-refractivity contribution < 1.29 is 43.0 Å². The Labute approximate surface area is 275 Å². The predicted octanol–water partition coefficient (Wildman–Crippen LogP) is 4.04. The molecule has 0 spiro atoms. The zero-order valence-corrected chi connectivity index (χ0v) is 28.3. The Balaban J connectivity index is 0.000000208. The van der Waals surface area contributed by atoms with E-state index < -0.39 is 19.5 Å². The standard InChI is InChI=1S/C16H18N2O2.C12H14NO5P.C4H7NO.CH4O/c1-16(2)9-13(18-7-3-4-15(18)19)12-8-11(10-17)5-6-14(12)20-16;1-12(2)11(18-19(14,15)16)6-9-5-8(7-13)3-4-10(9)17-12;6-4-2-1-3-5-4;1-2/h5-6,8,13H,3-4,7,9H2,1-2H3;3-5,11H,6H2,1-2H3,(H2,14,15,16);1-3H2,(H,5,6);2H,1H3/t13-;11-;;/m11../s1. The van der Waals surface area contributed by atoms with Gasteiger partial charge < -0.3 is 34.6 Å². The Hall–Kier alpha value is -3.97. The fourth-order valence-electron chi connectivity index (χ4n) is 5.76. The second-order valence-electron chi connectivity index (χ2n) is 12.5. The lowest BCUT2D eigenvalue weighted by atomic mass is 9.88. The topological polar surface area (TPSA) is 202 Å². The maximum absolute atomic E-state index is 12.1. The normalized spacial score (nSPS) is 21.5. The first kappa shape index (κ1) is 37.5. The number of aliphatic hydroxyl groups excluding tert-OH is 1. The molecule has 14 heteroatoms. The molecule has 0 radical (unpaired) electrons. The van der Waals surface area contributed by atoms with Crippen molar-refractivity contribution >= 4 is 19.6 Å². The maximum atomic E-state index is 12.1. The van der Waals surface area contributed by atoms with Crippen molar-refractivity contribution in [3.8, 4) is 23.6 Å².